The van der Waals surface area contributed by atoms with Gasteiger partial charge in [0.15, 0.2) is 11.5 Å². The number of carbonyl (C=O) groups excluding carboxylic acids is 2. The molecule has 2 fully saturated rings. The summed E-state index contributed by atoms with van der Waals surface area (Å²) in [6.45, 7) is 4.72. The Bertz CT molecular complexity index is 1760. The van der Waals surface area contributed by atoms with Crippen LogP contribution in [0.2, 0.25) is 0 Å². The topological polar surface area (TPSA) is 151 Å². The van der Waals surface area contributed by atoms with E-state index in [9.17, 15) is 24.6 Å². The minimum atomic E-state index is -1.37. The van der Waals surface area contributed by atoms with E-state index in [1.54, 1.807) is 30.1 Å². The highest BCUT2D eigenvalue weighted by Gasteiger charge is 2.61. The van der Waals surface area contributed by atoms with Crippen molar-refractivity contribution < 1.29 is 34.1 Å². The fraction of sp³-hybridized carbons (Fsp3) is 0.541. The van der Waals surface area contributed by atoms with Crippen LogP contribution >= 0.6 is 11.3 Å². The molecule has 3 aromatic rings. The van der Waals surface area contributed by atoms with Crippen molar-refractivity contribution in [3.8, 4) is 28.0 Å². The summed E-state index contributed by atoms with van der Waals surface area (Å²) >= 11 is 1.45. The van der Waals surface area contributed by atoms with Crippen LogP contribution in [0.4, 0.5) is 0 Å². The van der Waals surface area contributed by atoms with E-state index in [1.165, 1.54) is 18.4 Å². The number of aliphatic carboxylic acids is 1. The second-order valence-corrected chi connectivity index (χ2v) is 14.9. The first-order valence-electron chi connectivity index (χ1n) is 17.3. The van der Waals surface area contributed by atoms with Crippen molar-refractivity contribution in [3.05, 3.63) is 41.4 Å². The van der Waals surface area contributed by atoms with Crippen molar-refractivity contribution in [2.75, 3.05) is 20.7 Å². The lowest BCUT2D eigenvalue weighted by atomic mass is 9.93. The predicted molar refractivity (Wildman–Crippen MR) is 187 cm³/mol. The summed E-state index contributed by atoms with van der Waals surface area (Å²) in [5, 5.41) is 27.4. The molecule has 2 unspecified atom stereocenters. The molecule has 1 aliphatic heterocycles. The van der Waals surface area contributed by atoms with Crippen molar-refractivity contribution >= 4 is 40.0 Å². The number of aromatic nitrogens is 2. The average molecular weight is 691 g/mol. The fourth-order valence-electron chi connectivity index (χ4n) is 7.17. The van der Waals surface area contributed by atoms with Crippen LogP contribution in [0.15, 0.2) is 35.7 Å². The number of aromatic hydroxyl groups is 1. The number of benzene rings is 1. The van der Waals surface area contributed by atoms with Crippen molar-refractivity contribution in [3.63, 3.8) is 0 Å². The van der Waals surface area contributed by atoms with E-state index in [0.29, 0.717) is 34.8 Å². The zero-order valence-electron chi connectivity index (χ0n) is 28.6. The highest BCUT2D eigenvalue weighted by atomic mass is 32.1. The van der Waals surface area contributed by atoms with Crippen LogP contribution in [0.1, 0.15) is 83.2 Å². The molecule has 0 saturated heterocycles. The molecular weight excluding hydrogens is 644 g/mol. The number of phenolic OH excluding ortho intramolecular Hbond substituents is 1. The number of thiazole rings is 1. The highest BCUT2D eigenvalue weighted by molar-refractivity contribution is 7.13. The first kappa shape index (κ1) is 34.7. The lowest BCUT2D eigenvalue weighted by Crippen LogP contribution is -2.49. The maximum atomic E-state index is 14.0. The number of carbonyl (C=O) groups is 3. The van der Waals surface area contributed by atoms with Crippen LogP contribution in [-0.2, 0) is 14.4 Å². The van der Waals surface area contributed by atoms with Crippen LogP contribution in [-0.4, -0.2) is 75.2 Å². The third-order valence-electron chi connectivity index (χ3n) is 10.3. The maximum Gasteiger partial charge on any atom is 0.330 e. The number of allylic oxidation sites excluding steroid dienone is 1. The van der Waals surface area contributed by atoms with Crippen LogP contribution in [0.25, 0.3) is 21.6 Å². The molecule has 49 heavy (non-hydrogen) atoms. The van der Waals surface area contributed by atoms with Gasteiger partial charge in [0.2, 0.25) is 11.8 Å². The van der Waals surface area contributed by atoms with Gasteiger partial charge in [-0.15, -0.1) is 11.3 Å². The number of hydrogen-bond acceptors (Lipinski definition) is 9. The molecule has 3 heterocycles. The number of ether oxygens (including phenoxy) is 2. The quantitative estimate of drug-likeness (QED) is 0.253. The van der Waals surface area contributed by atoms with Crippen LogP contribution < -0.4 is 14.8 Å². The molecule has 11 nitrogen and oxygen atoms in total. The lowest BCUT2D eigenvalue weighted by molar-refractivity contribution is -0.145. The Morgan fingerprint density at radius 2 is 1.84 bits per heavy atom. The second-order valence-electron chi connectivity index (χ2n) is 14.0. The minimum Gasteiger partial charge on any atom is -0.503 e. The number of carboxylic acid groups (broad SMARTS) is 1. The summed E-state index contributed by atoms with van der Waals surface area (Å²) in [6, 6.07) is 5.20. The molecule has 1 aromatic carbocycles. The Labute approximate surface area is 290 Å². The summed E-state index contributed by atoms with van der Waals surface area (Å²) < 4.78 is 12.0. The number of methoxy groups -OCH3 is 1. The minimum absolute atomic E-state index is 0.127. The van der Waals surface area contributed by atoms with E-state index in [-0.39, 0.29) is 47.6 Å². The summed E-state index contributed by atoms with van der Waals surface area (Å²) in [6.07, 6.45) is 10.2. The summed E-state index contributed by atoms with van der Waals surface area (Å²) in [5.74, 6) is -2.58. The molecule has 6 rings (SSSR count). The number of amides is 2. The second kappa shape index (κ2) is 14.3. The molecule has 0 radical (unpaired) electrons. The first-order valence-corrected chi connectivity index (χ1v) is 18.2. The Kier molecular flexibility index (Phi) is 10.1. The third-order valence-corrected chi connectivity index (χ3v) is 11.1. The van der Waals surface area contributed by atoms with E-state index < -0.39 is 35.4 Å². The molecule has 2 aromatic heterocycles. The Morgan fingerprint density at radius 1 is 1.08 bits per heavy atom. The molecule has 12 heteroatoms. The molecule has 2 aliphatic carbocycles. The van der Waals surface area contributed by atoms with Crippen LogP contribution in [0, 0.1) is 17.8 Å². The number of rotatable bonds is 6. The van der Waals surface area contributed by atoms with E-state index in [4.69, 9.17) is 19.4 Å². The summed E-state index contributed by atoms with van der Waals surface area (Å²) in [4.78, 5) is 51.6. The fourth-order valence-corrected chi connectivity index (χ4v) is 8.11. The number of nitrogens with zero attached hydrogens (tertiary/aromatic N) is 3. The largest absolute Gasteiger partial charge is 0.503 e. The monoisotopic (exact) mass is 690 g/mol. The molecule has 0 bridgehead atoms. The van der Waals surface area contributed by atoms with E-state index in [0.717, 1.165) is 44.2 Å². The molecule has 2 amide bonds. The van der Waals surface area contributed by atoms with Gasteiger partial charge in [-0.2, -0.15) is 0 Å². The number of phenols is 1. The lowest BCUT2D eigenvalue weighted by Gasteiger charge is -2.25. The van der Waals surface area contributed by atoms with Crippen LogP contribution in [0.3, 0.4) is 0 Å². The van der Waals surface area contributed by atoms with Gasteiger partial charge in [0.1, 0.15) is 33.6 Å². The highest BCUT2D eigenvalue weighted by Crippen LogP contribution is 2.47. The van der Waals surface area contributed by atoms with Crippen molar-refractivity contribution in [2.24, 2.45) is 17.8 Å². The van der Waals surface area contributed by atoms with Gasteiger partial charge in [0.25, 0.3) is 0 Å². The zero-order chi connectivity index (χ0) is 34.9. The maximum absolute atomic E-state index is 14.0. The van der Waals surface area contributed by atoms with E-state index in [1.807, 2.05) is 17.5 Å². The number of nitrogens with one attached hydrogen (secondary N) is 1. The van der Waals surface area contributed by atoms with Gasteiger partial charge in [-0.05, 0) is 56.6 Å². The van der Waals surface area contributed by atoms with Crippen LogP contribution in [0.5, 0.6) is 17.2 Å². The summed E-state index contributed by atoms with van der Waals surface area (Å²) in [5.41, 5.74) is 0.373. The summed E-state index contributed by atoms with van der Waals surface area (Å²) in [7, 11) is 3.25. The molecular formula is C37H46N4O7S. The molecule has 5 atom stereocenters. The Hall–Kier alpha value is -4.19. The number of carboxylic acids is 1. The molecule has 3 aliphatic rings. The van der Waals surface area contributed by atoms with Gasteiger partial charge in [0, 0.05) is 36.3 Å². The number of fused-ring (bicyclic) bond motifs is 3. The Balaban J connectivity index is 1.33. The van der Waals surface area contributed by atoms with Crippen molar-refractivity contribution in [1.29, 1.82) is 0 Å². The zero-order valence-corrected chi connectivity index (χ0v) is 29.4. The van der Waals surface area contributed by atoms with Crippen molar-refractivity contribution in [1.82, 2.24) is 20.2 Å². The van der Waals surface area contributed by atoms with Gasteiger partial charge >= 0.3 is 5.97 Å². The van der Waals surface area contributed by atoms with Crippen molar-refractivity contribution in [2.45, 2.75) is 89.2 Å². The first-order chi connectivity index (χ1) is 23.5. The van der Waals surface area contributed by atoms with Gasteiger partial charge in [0.05, 0.1) is 24.6 Å². The Morgan fingerprint density at radius 3 is 2.57 bits per heavy atom. The van der Waals surface area contributed by atoms with E-state index in [2.05, 4.69) is 19.2 Å². The average Bonchev–Trinajstić information content (AvgIpc) is 3.38. The molecule has 2 saturated carbocycles. The molecule has 3 N–H and O–H groups in total. The van der Waals surface area contributed by atoms with Gasteiger partial charge in [-0.3, -0.25) is 9.59 Å². The normalized spacial score (nSPS) is 27.2. The molecule has 262 valence electrons. The number of hydrogen-bond donors (Lipinski definition) is 3. The third kappa shape index (κ3) is 7.11. The smallest absolute Gasteiger partial charge is 0.330 e. The standard InChI is InChI=1S/C37H46N4O7S/c1-21(2)28-20-49-34(39-28)27-18-30(24-13-14-29(47-4)32(42)31(24)38-27)48-23-16-25-26(17-23)35(44)41(3)15-11-9-7-5-6-8-10-12-22-19-37(22,36(45)46)40-33(25)43/h10,12-14,18,20-23,25-26,42H,5-9,11,15-17,19H2,1-4H3,(H,40,43)(H,45,46)/b12-10-/t22-,23?,25-,26?,37-/m1/s1. The van der Waals surface area contributed by atoms with Gasteiger partial charge in [-0.1, -0.05) is 45.3 Å². The van der Waals surface area contributed by atoms with Gasteiger partial charge in [-0.25, -0.2) is 14.8 Å². The molecule has 0 spiro atoms. The predicted octanol–water partition coefficient (Wildman–Crippen LogP) is 6.30. The van der Waals surface area contributed by atoms with Gasteiger partial charge < -0.3 is 29.9 Å². The van der Waals surface area contributed by atoms with E-state index >= 15 is 0 Å². The SMILES string of the molecule is COc1ccc2c(OC3CC4C(=O)N(C)CCCCCCC/C=C\[C@@H]5C[C@@]5(C(=O)O)NC(=O)[C@@H]4C3)cc(-c3nc(C(C)C)cs3)nc2c1O. The number of pyridine rings is 1.